The molecule has 1 aromatic carbocycles. The van der Waals surface area contributed by atoms with Crippen LogP contribution in [0.3, 0.4) is 0 Å². The van der Waals surface area contributed by atoms with Crippen molar-refractivity contribution in [2.45, 2.75) is 37.2 Å². The second kappa shape index (κ2) is 6.36. The zero-order valence-corrected chi connectivity index (χ0v) is 12.3. The molecule has 2 N–H and O–H groups in total. The van der Waals surface area contributed by atoms with Gasteiger partial charge in [0, 0.05) is 6.54 Å². The highest BCUT2D eigenvalue weighted by Gasteiger charge is 2.25. The average molecular weight is 287 g/mol. The third kappa shape index (κ3) is 4.19. The van der Waals surface area contributed by atoms with Gasteiger partial charge in [-0.2, -0.15) is 0 Å². The van der Waals surface area contributed by atoms with E-state index in [9.17, 15) is 13.5 Å². The Kier molecular flexibility index (Phi) is 5.34. The van der Waals surface area contributed by atoms with E-state index in [0.717, 1.165) is 0 Å². The molecule has 6 heteroatoms. The van der Waals surface area contributed by atoms with Crippen LogP contribution in [0.1, 0.15) is 26.7 Å². The van der Waals surface area contributed by atoms with Crippen molar-refractivity contribution in [2.75, 3.05) is 13.7 Å². The molecule has 0 spiro atoms. The van der Waals surface area contributed by atoms with E-state index in [2.05, 4.69) is 4.72 Å². The lowest BCUT2D eigenvalue weighted by Gasteiger charge is -2.25. The SMILES string of the molecule is CCC(O)(CC)CNS(=O)(=O)c1ccc(OC)cc1. The van der Waals surface area contributed by atoms with Crippen molar-refractivity contribution in [1.82, 2.24) is 4.72 Å². The van der Waals surface area contributed by atoms with Gasteiger partial charge in [0.05, 0.1) is 17.6 Å². The summed E-state index contributed by atoms with van der Waals surface area (Å²) in [6.07, 6.45) is 0.989. The van der Waals surface area contributed by atoms with Crippen molar-refractivity contribution in [2.24, 2.45) is 0 Å². The summed E-state index contributed by atoms with van der Waals surface area (Å²) in [5.41, 5.74) is -1.00. The summed E-state index contributed by atoms with van der Waals surface area (Å²) in [5, 5.41) is 10.1. The molecule has 0 heterocycles. The van der Waals surface area contributed by atoms with Crippen LogP contribution in [0.15, 0.2) is 29.2 Å². The Morgan fingerprint density at radius 3 is 2.16 bits per heavy atom. The number of rotatable bonds is 7. The Labute approximate surface area is 114 Å². The molecule has 108 valence electrons. The van der Waals surface area contributed by atoms with Gasteiger partial charge >= 0.3 is 0 Å². The van der Waals surface area contributed by atoms with Gasteiger partial charge in [0.2, 0.25) is 10.0 Å². The molecule has 0 saturated heterocycles. The number of aliphatic hydroxyl groups is 1. The Morgan fingerprint density at radius 2 is 1.74 bits per heavy atom. The molecule has 1 rings (SSSR count). The van der Waals surface area contributed by atoms with E-state index in [-0.39, 0.29) is 11.4 Å². The van der Waals surface area contributed by atoms with Crippen LogP contribution in [0.2, 0.25) is 0 Å². The first-order valence-corrected chi connectivity index (χ1v) is 7.71. The summed E-state index contributed by atoms with van der Waals surface area (Å²) in [4.78, 5) is 0.155. The maximum atomic E-state index is 12.0. The number of sulfonamides is 1. The maximum absolute atomic E-state index is 12.0. The van der Waals surface area contributed by atoms with Gasteiger partial charge in [-0.25, -0.2) is 13.1 Å². The minimum atomic E-state index is -3.60. The lowest BCUT2D eigenvalue weighted by molar-refractivity contribution is 0.0377. The summed E-state index contributed by atoms with van der Waals surface area (Å²) < 4.78 is 31.5. The molecule has 0 radical (unpaired) electrons. The molecule has 0 aliphatic heterocycles. The Morgan fingerprint density at radius 1 is 1.21 bits per heavy atom. The van der Waals surface area contributed by atoms with Gasteiger partial charge in [-0.1, -0.05) is 13.8 Å². The Hall–Kier alpha value is -1.11. The summed E-state index contributed by atoms with van der Waals surface area (Å²) in [7, 11) is -2.09. The van der Waals surface area contributed by atoms with Crippen molar-refractivity contribution >= 4 is 10.0 Å². The van der Waals surface area contributed by atoms with Crippen molar-refractivity contribution in [1.29, 1.82) is 0 Å². The van der Waals surface area contributed by atoms with Crippen LogP contribution in [-0.4, -0.2) is 32.8 Å². The number of nitrogens with one attached hydrogen (secondary N) is 1. The highest BCUT2D eigenvalue weighted by atomic mass is 32.2. The number of hydrogen-bond donors (Lipinski definition) is 2. The highest BCUT2D eigenvalue weighted by molar-refractivity contribution is 7.89. The Balaban J connectivity index is 2.80. The van der Waals surface area contributed by atoms with Crippen molar-refractivity contribution in [3.05, 3.63) is 24.3 Å². The quantitative estimate of drug-likeness (QED) is 0.797. The first-order chi connectivity index (χ1) is 8.87. The van der Waals surface area contributed by atoms with E-state index in [4.69, 9.17) is 4.74 Å². The van der Waals surface area contributed by atoms with E-state index in [0.29, 0.717) is 18.6 Å². The molecule has 0 unspecified atom stereocenters. The molecule has 0 aliphatic rings. The van der Waals surface area contributed by atoms with Crippen LogP contribution < -0.4 is 9.46 Å². The third-order valence-corrected chi connectivity index (χ3v) is 4.69. The largest absolute Gasteiger partial charge is 0.497 e. The molecule has 0 aromatic heterocycles. The first kappa shape index (κ1) is 15.9. The predicted octanol–water partition coefficient (Wildman–Crippen LogP) is 1.52. The van der Waals surface area contributed by atoms with Gasteiger partial charge in [0.1, 0.15) is 5.75 Å². The minimum Gasteiger partial charge on any atom is -0.497 e. The van der Waals surface area contributed by atoms with Gasteiger partial charge in [-0.3, -0.25) is 0 Å². The van der Waals surface area contributed by atoms with Crippen LogP contribution in [0.25, 0.3) is 0 Å². The number of methoxy groups -OCH3 is 1. The molecule has 0 bridgehead atoms. The van der Waals surface area contributed by atoms with Crippen molar-refractivity contribution in [3.8, 4) is 5.75 Å². The number of hydrogen-bond acceptors (Lipinski definition) is 4. The topological polar surface area (TPSA) is 75.6 Å². The van der Waals surface area contributed by atoms with Gasteiger partial charge < -0.3 is 9.84 Å². The van der Waals surface area contributed by atoms with E-state index in [1.54, 1.807) is 12.1 Å². The van der Waals surface area contributed by atoms with Crippen LogP contribution >= 0.6 is 0 Å². The lowest BCUT2D eigenvalue weighted by atomic mass is 9.98. The number of benzene rings is 1. The highest BCUT2D eigenvalue weighted by Crippen LogP contribution is 2.17. The predicted molar refractivity (Wildman–Crippen MR) is 73.7 cm³/mol. The zero-order chi connectivity index (χ0) is 14.5. The van der Waals surface area contributed by atoms with E-state index in [1.807, 2.05) is 13.8 Å². The van der Waals surface area contributed by atoms with Crippen LogP contribution in [0.5, 0.6) is 5.75 Å². The smallest absolute Gasteiger partial charge is 0.240 e. The molecule has 0 aliphatic carbocycles. The molecule has 0 atom stereocenters. The van der Waals surface area contributed by atoms with Crippen LogP contribution in [-0.2, 0) is 10.0 Å². The second-order valence-electron chi connectivity index (χ2n) is 4.43. The molecule has 0 amide bonds. The molecular formula is C13H21NO4S. The fourth-order valence-electron chi connectivity index (χ4n) is 1.57. The monoisotopic (exact) mass is 287 g/mol. The number of ether oxygens (including phenoxy) is 1. The minimum absolute atomic E-state index is 0.00830. The maximum Gasteiger partial charge on any atom is 0.240 e. The van der Waals surface area contributed by atoms with Gasteiger partial charge in [-0.15, -0.1) is 0 Å². The molecule has 5 nitrogen and oxygen atoms in total. The van der Waals surface area contributed by atoms with Crippen molar-refractivity contribution < 1.29 is 18.3 Å². The van der Waals surface area contributed by atoms with Gasteiger partial charge in [0.25, 0.3) is 0 Å². The van der Waals surface area contributed by atoms with Crippen LogP contribution in [0, 0.1) is 0 Å². The molecule has 1 aromatic rings. The third-order valence-electron chi connectivity index (χ3n) is 3.28. The van der Waals surface area contributed by atoms with Crippen LogP contribution in [0.4, 0.5) is 0 Å². The lowest BCUT2D eigenvalue weighted by Crippen LogP contribution is -2.41. The van der Waals surface area contributed by atoms with Gasteiger partial charge in [-0.05, 0) is 37.1 Å². The average Bonchev–Trinajstić information content (AvgIpc) is 2.45. The summed E-state index contributed by atoms with van der Waals surface area (Å²) >= 11 is 0. The van der Waals surface area contributed by atoms with Gasteiger partial charge in [0.15, 0.2) is 0 Å². The molecule has 0 fully saturated rings. The second-order valence-corrected chi connectivity index (χ2v) is 6.20. The molecule has 19 heavy (non-hydrogen) atoms. The standard InChI is InChI=1S/C13H21NO4S/c1-4-13(15,5-2)10-14-19(16,17)12-8-6-11(18-3)7-9-12/h6-9,14-15H,4-5,10H2,1-3H3. The zero-order valence-electron chi connectivity index (χ0n) is 11.5. The summed E-state index contributed by atoms with van der Waals surface area (Å²) in [6, 6.07) is 6.11. The fraction of sp³-hybridized carbons (Fsp3) is 0.538. The van der Waals surface area contributed by atoms with E-state index < -0.39 is 15.6 Å². The van der Waals surface area contributed by atoms with E-state index >= 15 is 0 Å². The van der Waals surface area contributed by atoms with E-state index in [1.165, 1.54) is 19.2 Å². The summed E-state index contributed by atoms with van der Waals surface area (Å²) in [6.45, 7) is 3.66. The molecular weight excluding hydrogens is 266 g/mol. The normalized spacial score (nSPS) is 12.4. The first-order valence-electron chi connectivity index (χ1n) is 6.23. The van der Waals surface area contributed by atoms with Crippen molar-refractivity contribution in [3.63, 3.8) is 0 Å². The molecule has 0 saturated carbocycles. The summed E-state index contributed by atoms with van der Waals surface area (Å²) in [5.74, 6) is 0.595. The fourth-order valence-corrected chi connectivity index (χ4v) is 2.69. The Bertz CT molecular complexity index is 492.